The van der Waals surface area contributed by atoms with Crippen LogP contribution in [0.15, 0.2) is 58.8 Å². The summed E-state index contributed by atoms with van der Waals surface area (Å²) in [5, 5.41) is 8.28. The Bertz CT molecular complexity index is 756. The van der Waals surface area contributed by atoms with Crippen LogP contribution >= 0.6 is 34.8 Å². The number of carbonyl (C=O) groups excluding carboxylic acids is 1. The van der Waals surface area contributed by atoms with E-state index in [1.54, 1.807) is 24.3 Å². The van der Waals surface area contributed by atoms with Gasteiger partial charge in [0.2, 0.25) is 3.79 Å². The second-order valence-corrected chi connectivity index (χ2v) is 7.87. The fourth-order valence-corrected chi connectivity index (χ4v) is 2.02. The lowest BCUT2D eigenvalue weighted by molar-refractivity contribution is 0.0512. The van der Waals surface area contributed by atoms with Crippen LogP contribution in [0.4, 0.5) is 17.1 Å². The van der Waals surface area contributed by atoms with Gasteiger partial charge in [-0.25, -0.2) is 4.79 Å². The first-order valence-electron chi connectivity index (χ1n) is 7.28. The van der Waals surface area contributed by atoms with Crippen LogP contribution in [0.1, 0.15) is 10.4 Å². The molecule has 2 aromatic rings. The number of anilines is 1. The number of hydrogen-bond acceptors (Lipinski definition) is 5. The lowest BCUT2D eigenvalue weighted by atomic mass is 10.2. The van der Waals surface area contributed by atoms with Gasteiger partial charge in [0.25, 0.3) is 0 Å². The fraction of sp³-hybridized carbons (Fsp3) is 0.235. The van der Waals surface area contributed by atoms with Crippen LogP contribution in [0.5, 0.6) is 0 Å². The summed E-state index contributed by atoms with van der Waals surface area (Å²) in [6, 6.07) is 14.1. The largest absolute Gasteiger partial charge is 0.458 e. The third-order valence-electron chi connectivity index (χ3n) is 3.10. The van der Waals surface area contributed by atoms with Crippen molar-refractivity contribution in [3.8, 4) is 0 Å². The van der Waals surface area contributed by atoms with E-state index in [0.717, 1.165) is 5.69 Å². The Hall–Kier alpha value is -1.82. The Balaban J connectivity index is 2.06. The van der Waals surface area contributed by atoms with Crippen LogP contribution in [0.3, 0.4) is 0 Å². The van der Waals surface area contributed by atoms with E-state index in [2.05, 4.69) is 10.2 Å². The van der Waals surface area contributed by atoms with Gasteiger partial charge in [-0.2, -0.15) is 10.2 Å². The average Bonchev–Trinajstić information content (AvgIpc) is 2.58. The third kappa shape index (κ3) is 6.53. The minimum absolute atomic E-state index is 0.300. The highest BCUT2D eigenvalue weighted by Crippen LogP contribution is 2.27. The van der Waals surface area contributed by atoms with Gasteiger partial charge in [-0.3, -0.25) is 0 Å². The molecule has 0 bridgehead atoms. The molecule has 0 N–H and O–H groups in total. The number of benzene rings is 2. The number of rotatable bonds is 5. The van der Waals surface area contributed by atoms with Crippen molar-refractivity contribution in [2.24, 2.45) is 10.2 Å². The molecular formula is C17H16Cl3N3O2. The van der Waals surface area contributed by atoms with Crippen LogP contribution in [0, 0.1) is 0 Å². The summed E-state index contributed by atoms with van der Waals surface area (Å²) in [4.78, 5) is 13.9. The molecule has 0 saturated heterocycles. The normalized spacial score (nSPS) is 11.6. The molecule has 0 saturated carbocycles. The van der Waals surface area contributed by atoms with E-state index in [0.29, 0.717) is 16.9 Å². The SMILES string of the molecule is CN(C)c1ccc(N=Nc2cccc(C(=O)OCC(Cl)(Cl)Cl)c2)cc1. The van der Waals surface area contributed by atoms with Crippen LogP contribution < -0.4 is 4.90 Å². The molecule has 0 atom stereocenters. The molecule has 0 spiro atoms. The maximum absolute atomic E-state index is 11.9. The molecule has 0 aliphatic heterocycles. The number of hydrogen-bond donors (Lipinski definition) is 0. The van der Waals surface area contributed by atoms with Crippen molar-refractivity contribution in [2.45, 2.75) is 3.79 Å². The van der Waals surface area contributed by atoms with Crippen LogP contribution in [0.25, 0.3) is 0 Å². The first kappa shape index (κ1) is 19.5. The monoisotopic (exact) mass is 399 g/mol. The number of alkyl halides is 3. The van der Waals surface area contributed by atoms with Gasteiger partial charge in [-0.15, -0.1) is 0 Å². The highest BCUT2D eigenvalue weighted by atomic mass is 35.6. The van der Waals surface area contributed by atoms with Crippen molar-refractivity contribution in [3.63, 3.8) is 0 Å². The predicted molar refractivity (Wildman–Crippen MR) is 102 cm³/mol. The summed E-state index contributed by atoms with van der Waals surface area (Å²) in [7, 11) is 3.92. The first-order chi connectivity index (χ1) is 11.7. The summed E-state index contributed by atoms with van der Waals surface area (Å²) in [6.45, 7) is -0.333. The molecule has 25 heavy (non-hydrogen) atoms. The highest BCUT2D eigenvalue weighted by molar-refractivity contribution is 6.67. The molecule has 0 unspecified atom stereocenters. The zero-order valence-electron chi connectivity index (χ0n) is 13.6. The summed E-state index contributed by atoms with van der Waals surface area (Å²) in [5.41, 5.74) is 2.58. The summed E-state index contributed by atoms with van der Waals surface area (Å²) < 4.78 is 3.29. The summed E-state index contributed by atoms with van der Waals surface area (Å²) in [6.07, 6.45) is 0. The van der Waals surface area contributed by atoms with Crippen molar-refractivity contribution in [1.29, 1.82) is 0 Å². The van der Waals surface area contributed by atoms with E-state index >= 15 is 0 Å². The van der Waals surface area contributed by atoms with E-state index < -0.39 is 9.76 Å². The van der Waals surface area contributed by atoms with Crippen LogP contribution in [-0.4, -0.2) is 30.5 Å². The Morgan fingerprint density at radius 1 is 1.04 bits per heavy atom. The number of nitrogens with zero attached hydrogens (tertiary/aromatic N) is 3. The van der Waals surface area contributed by atoms with E-state index in [-0.39, 0.29) is 6.61 Å². The molecule has 5 nitrogen and oxygen atoms in total. The van der Waals surface area contributed by atoms with Crippen molar-refractivity contribution in [2.75, 3.05) is 25.6 Å². The smallest absolute Gasteiger partial charge is 0.338 e. The number of azo groups is 1. The lowest BCUT2D eigenvalue weighted by Gasteiger charge is -2.11. The Morgan fingerprint density at radius 3 is 2.28 bits per heavy atom. The first-order valence-corrected chi connectivity index (χ1v) is 8.41. The van der Waals surface area contributed by atoms with Crippen molar-refractivity contribution < 1.29 is 9.53 Å². The second kappa shape index (κ2) is 8.52. The molecule has 0 fully saturated rings. The quantitative estimate of drug-likeness (QED) is 0.368. The van der Waals surface area contributed by atoms with Crippen molar-refractivity contribution >= 4 is 57.8 Å². The molecule has 0 aromatic heterocycles. The number of esters is 1. The van der Waals surface area contributed by atoms with E-state index in [1.165, 1.54) is 0 Å². The molecule has 2 aromatic carbocycles. The molecule has 0 aliphatic rings. The maximum Gasteiger partial charge on any atom is 0.338 e. The predicted octanol–water partition coefficient (Wildman–Crippen LogP) is 5.70. The standard InChI is InChI=1S/C17H16Cl3N3O2/c1-23(2)15-8-6-13(7-9-15)21-22-14-5-3-4-12(10-14)16(24)25-11-17(18,19)20/h3-10H,11H2,1-2H3. The van der Waals surface area contributed by atoms with Gasteiger partial charge in [-0.1, -0.05) is 40.9 Å². The van der Waals surface area contributed by atoms with Gasteiger partial charge in [-0.05, 0) is 42.5 Å². The van der Waals surface area contributed by atoms with E-state index in [9.17, 15) is 4.79 Å². The minimum atomic E-state index is -1.65. The Kier molecular flexibility index (Phi) is 6.64. The topological polar surface area (TPSA) is 54.3 Å². The van der Waals surface area contributed by atoms with E-state index in [4.69, 9.17) is 39.5 Å². The third-order valence-corrected chi connectivity index (χ3v) is 3.42. The molecule has 0 amide bonds. The van der Waals surface area contributed by atoms with Gasteiger partial charge in [0, 0.05) is 19.8 Å². The number of carbonyl (C=O) groups is 1. The minimum Gasteiger partial charge on any atom is -0.458 e. The summed E-state index contributed by atoms with van der Waals surface area (Å²) >= 11 is 16.7. The maximum atomic E-state index is 11.9. The molecule has 0 heterocycles. The van der Waals surface area contributed by atoms with E-state index in [1.807, 2.05) is 43.3 Å². The fourth-order valence-electron chi connectivity index (χ4n) is 1.86. The van der Waals surface area contributed by atoms with Gasteiger partial charge in [0.1, 0.15) is 6.61 Å². The van der Waals surface area contributed by atoms with Gasteiger partial charge < -0.3 is 9.64 Å². The van der Waals surface area contributed by atoms with Gasteiger partial charge in [0.05, 0.1) is 16.9 Å². The molecule has 8 heteroatoms. The van der Waals surface area contributed by atoms with Gasteiger partial charge in [0.15, 0.2) is 0 Å². The molecule has 132 valence electrons. The molecule has 2 rings (SSSR count). The lowest BCUT2D eigenvalue weighted by Crippen LogP contribution is -2.17. The molecular weight excluding hydrogens is 385 g/mol. The second-order valence-electron chi connectivity index (χ2n) is 5.35. The number of ether oxygens (including phenoxy) is 1. The van der Waals surface area contributed by atoms with Crippen molar-refractivity contribution in [1.82, 2.24) is 0 Å². The Labute approximate surface area is 161 Å². The molecule has 0 aliphatic carbocycles. The zero-order valence-corrected chi connectivity index (χ0v) is 15.9. The summed E-state index contributed by atoms with van der Waals surface area (Å²) in [5.74, 6) is -0.598. The van der Waals surface area contributed by atoms with Crippen LogP contribution in [-0.2, 0) is 4.74 Å². The highest BCUT2D eigenvalue weighted by Gasteiger charge is 2.22. The Morgan fingerprint density at radius 2 is 1.68 bits per heavy atom. The zero-order chi connectivity index (χ0) is 18.4. The average molecular weight is 401 g/mol. The molecule has 0 radical (unpaired) electrons. The van der Waals surface area contributed by atoms with Gasteiger partial charge >= 0.3 is 5.97 Å². The van der Waals surface area contributed by atoms with Crippen LogP contribution in [0.2, 0.25) is 0 Å². The number of halogens is 3. The van der Waals surface area contributed by atoms with Crippen molar-refractivity contribution in [3.05, 3.63) is 54.1 Å².